The first kappa shape index (κ1) is 24.9. The van der Waals surface area contributed by atoms with Gasteiger partial charge in [0.1, 0.15) is 0 Å². The summed E-state index contributed by atoms with van der Waals surface area (Å²) in [6.07, 6.45) is 1.95. The minimum Gasteiger partial charge on any atom is -0.463 e. The third-order valence-electron chi connectivity index (χ3n) is 5.53. The highest BCUT2D eigenvalue weighted by Gasteiger charge is 2.38. The Kier molecular flexibility index (Phi) is 8.75. The summed E-state index contributed by atoms with van der Waals surface area (Å²) in [5.41, 5.74) is 1.99. The highest BCUT2D eigenvalue weighted by molar-refractivity contribution is 5.95. The van der Waals surface area contributed by atoms with E-state index in [9.17, 15) is 19.7 Å². The third kappa shape index (κ3) is 5.99. The number of rotatable bonds is 11. The molecule has 3 rings (SSSR count). The molecule has 0 unspecified atom stereocenters. The maximum absolute atomic E-state index is 13.3. The second-order valence-corrected chi connectivity index (χ2v) is 7.92. The van der Waals surface area contributed by atoms with E-state index in [1.54, 1.807) is 13.0 Å². The fourth-order valence-corrected chi connectivity index (χ4v) is 3.85. The maximum atomic E-state index is 13.3. The summed E-state index contributed by atoms with van der Waals surface area (Å²) in [5.74, 6) is -0.565. The number of nitrogens with zero attached hydrogens (tertiary/aromatic N) is 2. The summed E-state index contributed by atoms with van der Waals surface area (Å²) in [6.45, 7) is 5.22. The zero-order chi connectivity index (χ0) is 24.5. The molecule has 1 aliphatic rings. The molecule has 0 spiro atoms. The summed E-state index contributed by atoms with van der Waals surface area (Å²) in [5, 5.41) is 17.5. The molecule has 0 saturated carbocycles. The van der Waals surface area contributed by atoms with Gasteiger partial charge in [-0.25, -0.2) is 9.59 Å². The van der Waals surface area contributed by atoms with E-state index in [0.29, 0.717) is 11.3 Å². The molecule has 1 heterocycles. The summed E-state index contributed by atoms with van der Waals surface area (Å²) in [6, 6.07) is 14.2. The topological polar surface area (TPSA) is 114 Å². The molecular weight excluding hydrogens is 436 g/mol. The molecule has 180 valence electrons. The van der Waals surface area contributed by atoms with Gasteiger partial charge in [-0.15, -0.1) is 0 Å². The number of esters is 1. The van der Waals surface area contributed by atoms with E-state index in [1.807, 2.05) is 30.3 Å². The lowest BCUT2D eigenvalue weighted by Crippen LogP contribution is -2.50. The molecule has 34 heavy (non-hydrogen) atoms. The van der Waals surface area contributed by atoms with Crippen molar-refractivity contribution in [2.45, 2.75) is 39.3 Å². The van der Waals surface area contributed by atoms with Gasteiger partial charge >= 0.3 is 12.0 Å². The Bertz CT molecular complexity index is 1050. The molecule has 1 aliphatic heterocycles. The predicted octanol–water partition coefficient (Wildman–Crippen LogP) is 4.07. The Labute approximate surface area is 198 Å². The number of nitrogens with one attached hydrogen (secondary N) is 2. The molecule has 9 nitrogen and oxygen atoms in total. The van der Waals surface area contributed by atoms with Crippen molar-refractivity contribution in [1.82, 2.24) is 15.5 Å². The maximum Gasteiger partial charge on any atom is 0.338 e. The Hall–Kier alpha value is -3.72. The quantitative estimate of drug-likeness (QED) is 0.223. The standard InChI is InChI=1S/C25H30N4O5/c1-3-5-14-26-16-21-22(24(30)34-4-2)23(19-12-9-13-20(15-19)29(32)33)27-25(31)28(21)17-18-10-7-6-8-11-18/h6-13,15,23,26H,3-5,14,16-17H2,1-2H3,(H,27,31)/t23-/m1/s1. The fourth-order valence-electron chi connectivity index (χ4n) is 3.85. The van der Waals surface area contributed by atoms with Crippen LogP contribution in [0.4, 0.5) is 10.5 Å². The van der Waals surface area contributed by atoms with Crippen molar-refractivity contribution in [3.8, 4) is 0 Å². The molecule has 0 aliphatic carbocycles. The molecule has 2 aromatic rings. The normalized spacial score (nSPS) is 15.8. The van der Waals surface area contributed by atoms with Gasteiger partial charge in [0.15, 0.2) is 0 Å². The van der Waals surface area contributed by atoms with Crippen LogP contribution in [-0.4, -0.2) is 41.5 Å². The molecule has 1 atom stereocenters. The van der Waals surface area contributed by atoms with Crippen LogP contribution in [0.2, 0.25) is 0 Å². The Morgan fingerprint density at radius 1 is 1.18 bits per heavy atom. The number of carbonyl (C=O) groups is 2. The highest BCUT2D eigenvalue weighted by Crippen LogP contribution is 2.33. The molecule has 2 amide bonds. The SMILES string of the molecule is CCCCNCC1=C(C(=O)OCC)[C@@H](c2cccc([N+](=O)[O-])c2)NC(=O)N1Cc1ccccc1. The lowest BCUT2D eigenvalue weighted by molar-refractivity contribution is -0.384. The number of amides is 2. The summed E-state index contributed by atoms with van der Waals surface area (Å²) in [7, 11) is 0. The first-order chi connectivity index (χ1) is 16.5. The Balaban J connectivity index is 2.10. The van der Waals surface area contributed by atoms with Gasteiger partial charge in [-0.3, -0.25) is 15.0 Å². The van der Waals surface area contributed by atoms with Crippen LogP contribution in [0.3, 0.4) is 0 Å². The van der Waals surface area contributed by atoms with E-state index < -0.39 is 16.9 Å². The number of nitro groups is 1. The number of carbonyl (C=O) groups excluding carboxylic acids is 2. The van der Waals surface area contributed by atoms with Crippen molar-refractivity contribution in [3.05, 3.63) is 87.1 Å². The van der Waals surface area contributed by atoms with E-state index in [4.69, 9.17) is 4.74 Å². The lowest BCUT2D eigenvalue weighted by Gasteiger charge is -2.37. The first-order valence-corrected chi connectivity index (χ1v) is 11.4. The Morgan fingerprint density at radius 3 is 2.62 bits per heavy atom. The number of urea groups is 1. The van der Waals surface area contributed by atoms with Crippen LogP contribution in [0.15, 0.2) is 65.9 Å². The van der Waals surface area contributed by atoms with Gasteiger partial charge in [0, 0.05) is 24.4 Å². The van der Waals surface area contributed by atoms with Crippen LogP contribution in [0.1, 0.15) is 43.9 Å². The van der Waals surface area contributed by atoms with E-state index in [-0.39, 0.29) is 37.0 Å². The van der Waals surface area contributed by atoms with E-state index in [2.05, 4.69) is 17.6 Å². The highest BCUT2D eigenvalue weighted by atomic mass is 16.6. The van der Waals surface area contributed by atoms with Gasteiger partial charge in [0.05, 0.1) is 29.7 Å². The van der Waals surface area contributed by atoms with Crippen molar-refractivity contribution in [1.29, 1.82) is 0 Å². The summed E-state index contributed by atoms with van der Waals surface area (Å²) in [4.78, 5) is 38.8. The van der Waals surface area contributed by atoms with Crippen LogP contribution < -0.4 is 10.6 Å². The largest absolute Gasteiger partial charge is 0.463 e. The van der Waals surface area contributed by atoms with Crippen LogP contribution in [0, 0.1) is 10.1 Å². The average molecular weight is 467 g/mol. The van der Waals surface area contributed by atoms with E-state index in [1.165, 1.54) is 23.1 Å². The van der Waals surface area contributed by atoms with Gasteiger partial charge < -0.3 is 15.4 Å². The van der Waals surface area contributed by atoms with Gasteiger partial charge in [-0.2, -0.15) is 0 Å². The molecular formula is C25H30N4O5. The number of ether oxygens (including phenoxy) is 1. The number of hydrogen-bond donors (Lipinski definition) is 2. The van der Waals surface area contributed by atoms with Crippen molar-refractivity contribution >= 4 is 17.7 Å². The zero-order valence-corrected chi connectivity index (χ0v) is 19.5. The monoisotopic (exact) mass is 466 g/mol. The molecule has 0 radical (unpaired) electrons. The Morgan fingerprint density at radius 2 is 1.94 bits per heavy atom. The fraction of sp³-hybridized carbons (Fsp3) is 0.360. The van der Waals surface area contributed by atoms with Crippen LogP contribution in [-0.2, 0) is 16.1 Å². The van der Waals surface area contributed by atoms with Crippen molar-refractivity contribution in [2.75, 3.05) is 19.7 Å². The number of hydrogen-bond acceptors (Lipinski definition) is 6. The molecule has 2 aromatic carbocycles. The molecule has 0 fully saturated rings. The van der Waals surface area contributed by atoms with Gasteiger partial charge in [-0.1, -0.05) is 55.8 Å². The van der Waals surface area contributed by atoms with Gasteiger partial charge in [0.25, 0.3) is 5.69 Å². The smallest absolute Gasteiger partial charge is 0.338 e. The van der Waals surface area contributed by atoms with E-state index >= 15 is 0 Å². The van der Waals surface area contributed by atoms with Crippen molar-refractivity contribution in [3.63, 3.8) is 0 Å². The molecule has 0 saturated heterocycles. The minimum absolute atomic E-state index is 0.121. The number of non-ortho nitro benzene ring substituents is 1. The molecule has 0 bridgehead atoms. The predicted molar refractivity (Wildman–Crippen MR) is 128 cm³/mol. The van der Waals surface area contributed by atoms with Crippen molar-refractivity contribution < 1.29 is 19.2 Å². The number of unbranched alkanes of at least 4 members (excludes halogenated alkanes) is 1. The minimum atomic E-state index is -0.874. The average Bonchev–Trinajstić information content (AvgIpc) is 2.84. The van der Waals surface area contributed by atoms with Gasteiger partial charge in [-0.05, 0) is 31.0 Å². The van der Waals surface area contributed by atoms with Crippen LogP contribution in [0.5, 0.6) is 0 Å². The van der Waals surface area contributed by atoms with Gasteiger partial charge in [0.2, 0.25) is 0 Å². The molecule has 9 heteroatoms. The summed E-state index contributed by atoms with van der Waals surface area (Å²) >= 11 is 0. The second-order valence-electron chi connectivity index (χ2n) is 7.92. The number of nitro benzene ring substituents is 1. The van der Waals surface area contributed by atoms with Crippen LogP contribution >= 0.6 is 0 Å². The van der Waals surface area contributed by atoms with E-state index in [0.717, 1.165) is 24.9 Å². The van der Waals surface area contributed by atoms with Crippen LogP contribution in [0.25, 0.3) is 0 Å². The summed E-state index contributed by atoms with van der Waals surface area (Å²) < 4.78 is 5.37. The lowest BCUT2D eigenvalue weighted by atomic mass is 9.93. The second kappa shape index (κ2) is 11.9. The third-order valence-corrected chi connectivity index (χ3v) is 5.53. The molecule has 0 aromatic heterocycles. The van der Waals surface area contributed by atoms with Crippen molar-refractivity contribution in [2.24, 2.45) is 0 Å². The first-order valence-electron chi connectivity index (χ1n) is 11.4. The zero-order valence-electron chi connectivity index (χ0n) is 19.5. The molecule has 2 N–H and O–H groups in total. The number of benzene rings is 2.